The molecule has 0 bridgehead atoms. The van der Waals surface area contributed by atoms with Gasteiger partial charge in [0.1, 0.15) is 0 Å². The summed E-state index contributed by atoms with van der Waals surface area (Å²) in [4.78, 5) is 11.8. The molecule has 0 saturated carbocycles. The summed E-state index contributed by atoms with van der Waals surface area (Å²) in [6.45, 7) is 1.62. The first-order chi connectivity index (χ1) is 9.27. The van der Waals surface area contributed by atoms with Gasteiger partial charge in [-0.2, -0.15) is 0 Å². The van der Waals surface area contributed by atoms with E-state index >= 15 is 0 Å². The van der Waals surface area contributed by atoms with Crippen LogP contribution < -0.4 is 0 Å². The number of fused-ring (bicyclic) bond motifs is 1. The lowest BCUT2D eigenvalue weighted by molar-refractivity contribution is 0.101. The highest BCUT2D eigenvalue weighted by Crippen LogP contribution is 2.31. The minimum absolute atomic E-state index is 0.106. The number of hydrogen-bond acceptors (Lipinski definition) is 1. The van der Waals surface area contributed by atoms with Gasteiger partial charge in [-0.05, 0) is 23.4 Å². The number of carbonyl (C=O) groups excluding carboxylic acids is 1. The van der Waals surface area contributed by atoms with Gasteiger partial charge in [-0.1, -0.05) is 66.7 Å². The highest BCUT2D eigenvalue weighted by molar-refractivity contribution is 6.12. The quantitative estimate of drug-likeness (QED) is 0.598. The van der Waals surface area contributed by atoms with Crippen LogP contribution in [0.25, 0.3) is 21.9 Å². The Balaban J connectivity index is 2.40. The number of carbonyl (C=O) groups is 1. The van der Waals surface area contributed by atoms with Crippen LogP contribution in [-0.2, 0) is 0 Å². The highest BCUT2D eigenvalue weighted by Gasteiger charge is 2.10. The minimum Gasteiger partial charge on any atom is -0.294 e. The Morgan fingerprint density at radius 2 is 1.47 bits per heavy atom. The maximum absolute atomic E-state index is 11.8. The summed E-state index contributed by atoms with van der Waals surface area (Å²) >= 11 is 0. The second kappa shape index (κ2) is 4.69. The average molecular weight is 246 g/mol. The fourth-order valence-corrected chi connectivity index (χ4v) is 2.49. The van der Waals surface area contributed by atoms with Gasteiger partial charge in [0.25, 0.3) is 0 Å². The second-order valence-electron chi connectivity index (χ2n) is 4.63. The molecule has 3 rings (SSSR count). The van der Waals surface area contributed by atoms with Crippen molar-refractivity contribution < 1.29 is 4.79 Å². The number of benzene rings is 3. The monoisotopic (exact) mass is 246 g/mol. The third-order valence-electron chi connectivity index (χ3n) is 3.37. The molecular weight excluding hydrogens is 232 g/mol. The van der Waals surface area contributed by atoms with E-state index in [1.165, 1.54) is 0 Å². The lowest BCUT2D eigenvalue weighted by atomic mass is 9.93. The smallest absolute Gasteiger partial charge is 0.160 e. The Morgan fingerprint density at radius 1 is 0.789 bits per heavy atom. The maximum Gasteiger partial charge on any atom is 0.160 e. The van der Waals surface area contributed by atoms with Crippen molar-refractivity contribution in [2.45, 2.75) is 6.92 Å². The molecule has 0 aliphatic heterocycles. The molecule has 0 spiro atoms. The molecule has 0 saturated heterocycles. The van der Waals surface area contributed by atoms with E-state index in [9.17, 15) is 4.79 Å². The Bertz CT molecular complexity index is 737. The molecule has 0 amide bonds. The molecule has 1 heteroatoms. The van der Waals surface area contributed by atoms with E-state index in [0.717, 1.165) is 27.5 Å². The summed E-state index contributed by atoms with van der Waals surface area (Å²) < 4.78 is 0. The first-order valence-corrected chi connectivity index (χ1v) is 6.35. The maximum atomic E-state index is 11.8. The molecule has 0 unspecified atom stereocenters. The van der Waals surface area contributed by atoms with E-state index in [4.69, 9.17) is 0 Å². The number of hydrogen-bond donors (Lipinski definition) is 0. The zero-order chi connectivity index (χ0) is 13.2. The van der Waals surface area contributed by atoms with Gasteiger partial charge in [0.05, 0.1) is 0 Å². The van der Waals surface area contributed by atoms with Crippen molar-refractivity contribution in [1.29, 1.82) is 0 Å². The highest BCUT2D eigenvalue weighted by atomic mass is 16.1. The summed E-state index contributed by atoms with van der Waals surface area (Å²) in [6, 6.07) is 22.2. The van der Waals surface area contributed by atoms with Crippen LogP contribution in [-0.4, -0.2) is 5.78 Å². The van der Waals surface area contributed by atoms with Crippen molar-refractivity contribution in [2.24, 2.45) is 0 Å². The van der Waals surface area contributed by atoms with Gasteiger partial charge in [-0.25, -0.2) is 0 Å². The molecular formula is C18H14O. The molecule has 0 aliphatic rings. The van der Waals surface area contributed by atoms with E-state index in [1.807, 2.05) is 48.5 Å². The van der Waals surface area contributed by atoms with Crippen molar-refractivity contribution in [3.63, 3.8) is 0 Å². The van der Waals surface area contributed by atoms with Gasteiger partial charge in [-0.3, -0.25) is 4.79 Å². The lowest BCUT2D eigenvalue weighted by Crippen LogP contribution is -1.95. The topological polar surface area (TPSA) is 17.1 Å². The van der Waals surface area contributed by atoms with Crippen LogP contribution in [0.4, 0.5) is 0 Å². The van der Waals surface area contributed by atoms with Crippen LogP contribution in [0.15, 0.2) is 66.7 Å². The lowest BCUT2D eigenvalue weighted by Gasteiger charge is -2.10. The molecule has 0 heterocycles. The minimum atomic E-state index is 0.106. The molecule has 0 radical (unpaired) electrons. The van der Waals surface area contributed by atoms with Crippen LogP contribution in [0.5, 0.6) is 0 Å². The van der Waals surface area contributed by atoms with E-state index in [2.05, 4.69) is 18.2 Å². The SMILES string of the molecule is CC(=O)c1cccc2cccc(-c3ccccc3)c12. The Labute approximate surface area is 112 Å². The normalized spacial score (nSPS) is 10.6. The zero-order valence-corrected chi connectivity index (χ0v) is 10.8. The van der Waals surface area contributed by atoms with E-state index in [0.29, 0.717) is 0 Å². The van der Waals surface area contributed by atoms with Crippen molar-refractivity contribution in [2.75, 3.05) is 0 Å². The molecule has 3 aromatic carbocycles. The zero-order valence-electron chi connectivity index (χ0n) is 10.8. The molecule has 3 aromatic rings. The van der Waals surface area contributed by atoms with Crippen LogP contribution in [0.2, 0.25) is 0 Å². The van der Waals surface area contributed by atoms with Gasteiger partial charge < -0.3 is 0 Å². The van der Waals surface area contributed by atoms with Gasteiger partial charge in [0, 0.05) is 10.9 Å². The largest absolute Gasteiger partial charge is 0.294 e. The van der Waals surface area contributed by atoms with Crippen molar-refractivity contribution in [1.82, 2.24) is 0 Å². The van der Waals surface area contributed by atoms with Crippen LogP contribution >= 0.6 is 0 Å². The third kappa shape index (κ3) is 2.04. The third-order valence-corrected chi connectivity index (χ3v) is 3.37. The van der Waals surface area contributed by atoms with Crippen LogP contribution in [0, 0.1) is 0 Å². The predicted octanol–water partition coefficient (Wildman–Crippen LogP) is 4.71. The number of rotatable bonds is 2. The van der Waals surface area contributed by atoms with Crippen molar-refractivity contribution in [3.8, 4) is 11.1 Å². The molecule has 92 valence electrons. The Hall–Kier alpha value is -2.41. The fraction of sp³-hybridized carbons (Fsp3) is 0.0556. The number of Topliss-reactive ketones (excluding diaryl/α,β-unsaturated/α-hetero) is 1. The number of ketones is 1. The molecule has 19 heavy (non-hydrogen) atoms. The standard InChI is InChI=1S/C18H14O/c1-13(19)16-11-5-9-15-10-6-12-17(18(15)16)14-7-3-2-4-8-14/h2-12H,1H3. The van der Waals surface area contributed by atoms with Crippen LogP contribution in [0.1, 0.15) is 17.3 Å². The summed E-state index contributed by atoms with van der Waals surface area (Å²) in [5.41, 5.74) is 3.04. The van der Waals surface area contributed by atoms with Gasteiger partial charge in [0.2, 0.25) is 0 Å². The summed E-state index contributed by atoms with van der Waals surface area (Å²) in [6.07, 6.45) is 0. The molecule has 0 aromatic heterocycles. The fourth-order valence-electron chi connectivity index (χ4n) is 2.49. The summed E-state index contributed by atoms with van der Waals surface area (Å²) in [5, 5.41) is 2.15. The van der Waals surface area contributed by atoms with E-state index in [1.54, 1.807) is 6.92 Å². The first kappa shape index (κ1) is 11.7. The van der Waals surface area contributed by atoms with Gasteiger partial charge >= 0.3 is 0 Å². The van der Waals surface area contributed by atoms with Gasteiger partial charge in [0.15, 0.2) is 5.78 Å². The summed E-state index contributed by atoms with van der Waals surface area (Å²) in [7, 11) is 0. The second-order valence-corrected chi connectivity index (χ2v) is 4.63. The molecule has 0 N–H and O–H groups in total. The van der Waals surface area contributed by atoms with E-state index < -0.39 is 0 Å². The Kier molecular flexibility index (Phi) is 2.88. The average Bonchev–Trinajstić information content (AvgIpc) is 2.46. The van der Waals surface area contributed by atoms with Crippen LogP contribution in [0.3, 0.4) is 0 Å². The molecule has 1 nitrogen and oxygen atoms in total. The predicted molar refractivity (Wildman–Crippen MR) is 79.4 cm³/mol. The van der Waals surface area contributed by atoms with E-state index in [-0.39, 0.29) is 5.78 Å². The summed E-state index contributed by atoms with van der Waals surface area (Å²) in [5.74, 6) is 0.106. The van der Waals surface area contributed by atoms with Crippen molar-refractivity contribution in [3.05, 3.63) is 72.3 Å². The molecule has 0 aliphatic carbocycles. The van der Waals surface area contributed by atoms with Crippen molar-refractivity contribution >= 4 is 16.6 Å². The molecule has 0 atom stereocenters. The Morgan fingerprint density at radius 3 is 2.16 bits per heavy atom. The van der Waals surface area contributed by atoms with Gasteiger partial charge in [-0.15, -0.1) is 0 Å². The molecule has 0 fully saturated rings. The first-order valence-electron chi connectivity index (χ1n) is 6.35.